The minimum atomic E-state index is -0.758. The van der Waals surface area contributed by atoms with Crippen LogP contribution in [0.2, 0.25) is 0 Å². The molecule has 0 bridgehead atoms. The van der Waals surface area contributed by atoms with Gasteiger partial charge in [-0.3, -0.25) is 9.59 Å². The molecule has 3 amide bonds. The third-order valence-electron chi connectivity index (χ3n) is 7.30. The molecule has 2 heterocycles. The number of ether oxygens (including phenoxy) is 1. The SMILES string of the molecule is CC(C)(C)OC(=O)N[C@H]1CCCCCCCCCC[C@@H](C=O)NC(=O)[C@@H]2C(C(C)(C)C)CCN2C1=O. The topological polar surface area (TPSA) is 105 Å². The molecule has 0 saturated carbocycles. The highest BCUT2D eigenvalue weighted by Crippen LogP contribution is 2.39. The Balaban J connectivity index is 2.33. The monoisotopic (exact) mass is 507 g/mol. The standard InChI is InChI=1S/C28H49N3O5/c1-27(2,3)21-17-18-31-23(21)24(33)29-20(19-32)15-13-11-9-7-8-10-12-14-16-22(25(31)34)30-26(35)36-28(4,5)6/h19-23H,7-18H2,1-6H3,(H,29,33)(H,30,35)/t20-,21?,22-,23-/m0/s1. The number of nitrogens with one attached hydrogen (secondary N) is 2. The third kappa shape index (κ3) is 9.40. The normalized spacial score (nSPS) is 28.0. The zero-order chi connectivity index (χ0) is 26.9. The second kappa shape index (κ2) is 13.4. The number of carbonyl (C=O) groups is 4. The van der Waals surface area contributed by atoms with Crippen LogP contribution in [0.1, 0.15) is 112 Å². The predicted octanol–water partition coefficient (Wildman–Crippen LogP) is 4.74. The first-order chi connectivity index (χ1) is 16.8. The molecule has 1 unspecified atom stereocenters. The van der Waals surface area contributed by atoms with Crippen LogP contribution >= 0.6 is 0 Å². The van der Waals surface area contributed by atoms with Gasteiger partial charge in [0.15, 0.2) is 0 Å². The number of aldehydes is 1. The first-order valence-corrected chi connectivity index (χ1v) is 13.9. The Morgan fingerprint density at radius 2 is 1.47 bits per heavy atom. The van der Waals surface area contributed by atoms with Crippen LogP contribution in [-0.4, -0.2) is 59.4 Å². The van der Waals surface area contributed by atoms with Crippen LogP contribution in [-0.2, 0) is 19.1 Å². The lowest BCUT2D eigenvalue weighted by atomic mass is 9.76. The summed E-state index contributed by atoms with van der Waals surface area (Å²) in [4.78, 5) is 53.4. The molecule has 2 aliphatic rings. The molecule has 0 aromatic heterocycles. The van der Waals surface area contributed by atoms with Crippen molar-refractivity contribution in [3.05, 3.63) is 0 Å². The largest absolute Gasteiger partial charge is 0.444 e. The quantitative estimate of drug-likeness (QED) is 0.525. The van der Waals surface area contributed by atoms with Crippen molar-refractivity contribution in [1.82, 2.24) is 15.5 Å². The van der Waals surface area contributed by atoms with E-state index in [2.05, 4.69) is 31.4 Å². The zero-order valence-electron chi connectivity index (χ0n) is 23.4. The van der Waals surface area contributed by atoms with E-state index in [-0.39, 0.29) is 23.1 Å². The summed E-state index contributed by atoms with van der Waals surface area (Å²) in [5.74, 6) is -0.587. The van der Waals surface area contributed by atoms with E-state index < -0.39 is 29.8 Å². The van der Waals surface area contributed by atoms with E-state index in [0.717, 1.165) is 57.7 Å². The van der Waals surface area contributed by atoms with Gasteiger partial charge in [-0.05, 0) is 51.4 Å². The van der Waals surface area contributed by atoms with Crippen molar-refractivity contribution in [3.63, 3.8) is 0 Å². The fourth-order valence-corrected chi connectivity index (χ4v) is 5.39. The number of alkyl carbamates (subject to hydrolysis) is 1. The number of hydrogen-bond donors (Lipinski definition) is 2. The van der Waals surface area contributed by atoms with Crippen LogP contribution < -0.4 is 10.6 Å². The molecule has 0 radical (unpaired) electrons. The first kappa shape index (κ1) is 30.1. The highest BCUT2D eigenvalue weighted by atomic mass is 16.6. The Morgan fingerprint density at radius 3 is 2.00 bits per heavy atom. The summed E-state index contributed by atoms with van der Waals surface area (Å²) < 4.78 is 5.44. The molecule has 2 saturated heterocycles. The molecule has 2 fully saturated rings. The minimum absolute atomic E-state index is 0.0574. The number of carbonyl (C=O) groups excluding carboxylic acids is 4. The summed E-state index contributed by atoms with van der Waals surface area (Å²) in [6.45, 7) is 12.0. The summed E-state index contributed by atoms with van der Waals surface area (Å²) in [6.07, 6.45) is 10.2. The van der Waals surface area contributed by atoms with Gasteiger partial charge >= 0.3 is 6.09 Å². The van der Waals surface area contributed by atoms with Crippen molar-refractivity contribution in [3.8, 4) is 0 Å². The fourth-order valence-electron chi connectivity index (χ4n) is 5.39. The Morgan fingerprint density at radius 1 is 0.917 bits per heavy atom. The fraction of sp³-hybridized carbons (Fsp3) is 0.857. The Kier molecular flexibility index (Phi) is 11.2. The third-order valence-corrected chi connectivity index (χ3v) is 7.30. The van der Waals surface area contributed by atoms with Gasteiger partial charge in [-0.25, -0.2) is 4.79 Å². The molecule has 0 aromatic rings. The van der Waals surface area contributed by atoms with Gasteiger partial charge in [0.25, 0.3) is 0 Å². The Hall–Kier alpha value is -2.12. The van der Waals surface area contributed by atoms with Gasteiger partial charge in [0, 0.05) is 6.54 Å². The number of nitrogens with zero attached hydrogens (tertiary/aromatic N) is 1. The second-order valence-electron chi connectivity index (χ2n) is 12.6. The van der Waals surface area contributed by atoms with Crippen LogP contribution in [0.25, 0.3) is 0 Å². The maximum Gasteiger partial charge on any atom is 0.408 e. The van der Waals surface area contributed by atoms with Gasteiger partial charge in [-0.1, -0.05) is 72.1 Å². The lowest BCUT2D eigenvalue weighted by Crippen LogP contribution is -2.57. The van der Waals surface area contributed by atoms with E-state index in [9.17, 15) is 19.2 Å². The summed E-state index contributed by atoms with van der Waals surface area (Å²) >= 11 is 0. The smallest absolute Gasteiger partial charge is 0.408 e. The highest BCUT2D eigenvalue weighted by molar-refractivity contribution is 5.93. The van der Waals surface area contributed by atoms with Crippen molar-refractivity contribution in [2.24, 2.45) is 11.3 Å². The van der Waals surface area contributed by atoms with E-state index in [4.69, 9.17) is 4.74 Å². The molecular weight excluding hydrogens is 458 g/mol. The summed E-state index contributed by atoms with van der Waals surface area (Å²) in [7, 11) is 0. The summed E-state index contributed by atoms with van der Waals surface area (Å²) in [6, 6.07) is -1.99. The Labute approximate surface area is 217 Å². The van der Waals surface area contributed by atoms with Crippen molar-refractivity contribution in [2.75, 3.05) is 6.54 Å². The van der Waals surface area contributed by atoms with E-state index in [0.29, 0.717) is 25.8 Å². The molecule has 36 heavy (non-hydrogen) atoms. The average Bonchev–Trinajstić information content (AvgIpc) is 3.22. The van der Waals surface area contributed by atoms with Crippen LogP contribution in [0.5, 0.6) is 0 Å². The second-order valence-corrected chi connectivity index (χ2v) is 12.6. The van der Waals surface area contributed by atoms with E-state index in [1.807, 2.05) is 0 Å². The van der Waals surface area contributed by atoms with Gasteiger partial charge in [-0.15, -0.1) is 0 Å². The van der Waals surface area contributed by atoms with Crippen LogP contribution in [0, 0.1) is 11.3 Å². The molecule has 8 heteroatoms. The van der Waals surface area contributed by atoms with Crippen molar-refractivity contribution in [1.29, 1.82) is 0 Å². The lowest BCUT2D eigenvalue weighted by molar-refractivity contribution is -0.142. The number of hydrogen-bond acceptors (Lipinski definition) is 5. The van der Waals surface area contributed by atoms with Crippen molar-refractivity contribution in [2.45, 2.75) is 136 Å². The van der Waals surface area contributed by atoms with Gasteiger partial charge < -0.3 is 25.1 Å². The van der Waals surface area contributed by atoms with Crippen LogP contribution in [0.3, 0.4) is 0 Å². The molecule has 4 atom stereocenters. The lowest BCUT2D eigenvalue weighted by Gasteiger charge is -2.36. The highest BCUT2D eigenvalue weighted by Gasteiger charge is 2.48. The maximum atomic E-state index is 13.9. The maximum absolute atomic E-state index is 13.9. The van der Waals surface area contributed by atoms with Gasteiger partial charge in [0.2, 0.25) is 11.8 Å². The molecule has 8 nitrogen and oxygen atoms in total. The van der Waals surface area contributed by atoms with Crippen LogP contribution in [0.15, 0.2) is 0 Å². The predicted molar refractivity (Wildman–Crippen MR) is 140 cm³/mol. The zero-order valence-corrected chi connectivity index (χ0v) is 23.4. The van der Waals surface area contributed by atoms with Crippen molar-refractivity contribution >= 4 is 24.2 Å². The molecule has 2 aliphatic heterocycles. The summed E-state index contributed by atoms with van der Waals surface area (Å²) in [5, 5.41) is 5.73. The number of rotatable bonds is 2. The molecule has 0 aliphatic carbocycles. The molecular formula is C28H49N3O5. The molecule has 206 valence electrons. The first-order valence-electron chi connectivity index (χ1n) is 13.9. The number of fused-ring (bicyclic) bond motifs is 1. The van der Waals surface area contributed by atoms with E-state index in [1.165, 1.54) is 0 Å². The van der Waals surface area contributed by atoms with Gasteiger partial charge in [0.1, 0.15) is 24.0 Å². The molecule has 2 N–H and O–H groups in total. The molecule has 0 aromatic carbocycles. The van der Waals surface area contributed by atoms with E-state index >= 15 is 0 Å². The van der Waals surface area contributed by atoms with Gasteiger partial charge in [0.05, 0.1) is 6.04 Å². The van der Waals surface area contributed by atoms with E-state index in [1.54, 1.807) is 25.7 Å². The molecule has 2 rings (SSSR count). The average molecular weight is 508 g/mol. The number of amides is 3. The molecule has 0 spiro atoms. The Bertz CT molecular complexity index is 755. The van der Waals surface area contributed by atoms with Gasteiger partial charge in [-0.2, -0.15) is 0 Å². The minimum Gasteiger partial charge on any atom is -0.444 e. The summed E-state index contributed by atoms with van der Waals surface area (Å²) in [5.41, 5.74) is -0.887. The van der Waals surface area contributed by atoms with Crippen LogP contribution in [0.4, 0.5) is 4.79 Å². The van der Waals surface area contributed by atoms with Crippen molar-refractivity contribution < 1.29 is 23.9 Å².